The third-order valence-electron chi connectivity index (χ3n) is 10.6. The first-order valence-electron chi connectivity index (χ1n) is 18.1. The molecule has 0 saturated carbocycles. The molecular formula is C45H20B7N3O2. The lowest BCUT2D eigenvalue weighted by Gasteiger charge is -2.17. The van der Waals surface area contributed by atoms with E-state index in [2.05, 4.69) is 24.3 Å². The van der Waals surface area contributed by atoms with E-state index in [1.165, 1.54) is 0 Å². The minimum Gasteiger partial charge on any atom is -0.457 e. The lowest BCUT2D eigenvalue weighted by Crippen LogP contribution is -2.47. The molecule has 248 valence electrons. The number of rotatable bonds is 5. The van der Waals surface area contributed by atoms with Gasteiger partial charge in [-0.25, -0.2) is 15.0 Å². The zero-order chi connectivity index (χ0) is 39.1. The van der Waals surface area contributed by atoms with Gasteiger partial charge in [-0.3, -0.25) is 0 Å². The molecule has 7 aromatic carbocycles. The Morgan fingerprint density at radius 3 is 1.53 bits per heavy atom. The van der Waals surface area contributed by atoms with Crippen LogP contribution in [-0.2, 0) is 0 Å². The van der Waals surface area contributed by atoms with Crippen molar-refractivity contribution >= 4 is 137 Å². The zero-order valence-corrected chi connectivity index (χ0v) is 30.2. The maximum atomic E-state index is 6.88. The number of hydrogen-bond acceptors (Lipinski definition) is 5. The Bertz CT molecular complexity index is 3250. The molecule has 5 nitrogen and oxygen atoms in total. The first-order chi connectivity index (χ1) is 27.7. The summed E-state index contributed by atoms with van der Waals surface area (Å²) in [5.41, 5.74) is 9.02. The van der Waals surface area contributed by atoms with Gasteiger partial charge in [-0.15, -0.1) is 10.9 Å². The highest BCUT2D eigenvalue weighted by atomic mass is 16.3. The molecule has 0 aliphatic heterocycles. The second-order valence-corrected chi connectivity index (χ2v) is 13.9. The number of benzene rings is 7. The summed E-state index contributed by atoms with van der Waals surface area (Å²) in [5, 5.41) is 2.75. The van der Waals surface area contributed by atoms with Crippen molar-refractivity contribution < 1.29 is 8.83 Å². The number of nitrogens with zero attached hydrogens (tertiary/aromatic N) is 3. The second-order valence-electron chi connectivity index (χ2n) is 13.9. The minimum atomic E-state index is 0.114. The number of fused-ring (bicyclic) bond motifs is 6. The van der Waals surface area contributed by atoms with Crippen molar-refractivity contribution in [1.29, 1.82) is 0 Å². The fraction of sp³-hybridized carbons (Fsp3) is 0. The monoisotopic (exact) mass is 711 g/mol. The highest BCUT2D eigenvalue weighted by Crippen LogP contribution is 2.37. The minimum absolute atomic E-state index is 0.114. The molecule has 0 atom stereocenters. The SMILES string of the molecule is [B]c1c([B])c([B])c2c(oc3c([B])c([B])c(-c4ccc(-c5nc(-c6ccc(-c7ccccc7)cc6)nc(-c6cccc7oc8ccccc8c67)n5)cc4)c([B])c32)c1[B]. The van der Waals surface area contributed by atoms with Crippen LogP contribution in [0.25, 0.3) is 100 Å². The van der Waals surface area contributed by atoms with Gasteiger partial charge in [0.15, 0.2) is 17.5 Å². The Balaban J connectivity index is 1.13. The van der Waals surface area contributed by atoms with Crippen molar-refractivity contribution in [1.82, 2.24) is 15.0 Å². The third kappa shape index (κ3) is 5.53. The number of para-hydroxylation sites is 1. The average molecular weight is 710 g/mol. The summed E-state index contributed by atoms with van der Waals surface area (Å²) < 4.78 is 12.3. The summed E-state index contributed by atoms with van der Waals surface area (Å²) in [6.45, 7) is 0. The van der Waals surface area contributed by atoms with E-state index in [0.717, 1.165) is 49.8 Å². The van der Waals surface area contributed by atoms with Crippen LogP contribution in [-0.4, -0.2) is 69.9 Å². The maximum absolute atomic E-state index is 6.88. The van der Waals surface area contributed by atoms with Gasteiger partial charge >= 0.3 is 0 Å². The predicted molar refractivity (Wildman–Crippen MR) is 239 cm³/mol. The van der Waals surface area contributed by atoms with E-state index in [9.17, 15) is 0 Å². The van der Waals surface area contributed by atoms with Crippen molar-refractivity contribution in [2.45, 2.75) is 0 Å². The largest absolute Gasteiger partial charge is 0.457 e. The summed E-state index contributed by atoms with van der Waals surface area (Å²) in [7, 11) is 45.2. The molecule has 3 aromatic heterocycles. The zero-order valence-electron chi connectivity index (χ0n) is 30.2. The lowest BCUT2D eigenvalue weighted by atomic mass is 9.64. The summed E-state index contributed by atoms with van der Waals surface area (Å²) >= 11 is 0. The van der Waals surface area contributed by atoms with Gasteiger partial charge in [-0.1, -0.05) is 137 Å². The molecule has 12 heteroatoms. The fourth-order valence-electron chi connectivity index (χ4n) is 7.65. The van der Waals surface area contributed by atoms with Gasteiger partial charge < -0.3 is 8.83 Å². The molecule has 0 aliphatic rings. The van der Waals surface area contributed by atoms with Gasteiger partial charge in [0, 0.05) is 38.2 Å². The number of furan rings is 2. The van der Waals surface area contributed by atoms with Crippen LogP contribution < -0.4 is 38.2 Å². The lowest BCUT2D eigenvalue weighted by molar-refractivity contribution is 0.669. The number of hydrogen-bond donors (Lipinski definition) is 0. The highest BCUT2D eigenvalue weighted by Gasteiger charge is 2.22. The van der Waals surface area contributed by atoms with E-state index in [1.807, 2.05) is 97.1 Å². The molecule has 0 unspecified atom stereocenters. The Kier molecular flexibility index (Phi) is 8.22. The third-order valence-corrected chi connectivity index (χ3v) is 10.6. The van der Waals surface area contributed by atoms with E-state index in [4.69, 9.17) is 78.7 Å². The van der Waals surface area contributed by atoms with Gasteiger partial charge in [0.1, 0.15) is 77.3 Å². The van der Waals surface area contributed by atoms with Crippen LogP contribution in [0.15, 0.2) is 130 Å². The smallest absolute Gasteiger partial charge is 0.164 e. The van der Waals surface area contributed by atoms with Crippen molar-refractivity contribution in [3.8, 4) is 56.4 Å². The first-order valence-corrected chi connectivity index (χ1v) is 18.1. The van der Waals surface area contributed by atoms with Gasteiger partial charge in [0.2, 0.25) is 0 Å². The van der Waals surface area contributed by atoms with E-state index in [-0.39, 0.29) is 43.9 Å². The molecule has 0 bridgehead atoms. The number of aromatic nitrogens is 3. The molecule has 14 radical (unpaired) electrons. The van der Waals surface area contributed by atoms with Crippen LogP contribution in [0.3, 0.4) is 0 Å². The fourth-order valence-corrected chi connectivity index (χ4v) is 7.65. The van der Waals surface area contributed by atoms with Crippen molar-refractivity contribution in [3.63, 3.8) is 0 Å². The van der Waals surface area contributed by atoms with Crippen LogP contribution in [0.5, 0.6) is 0 Å². The molecule has 0 N–H and O–H groups in total. The van der Waals surface area contributed by atoms with Gasteiger partial charge in [-0.05, 0) is 34.4 Å². The summed E-state index contributed by atoms with van der Waals surface area (Å²) in [4.78, 5) is 15.1. The van der Waals surface area contributed by atoms with E-state index < -0.39 is 0 Å². The van der Waals surface area contributed by atoms with Crippen LogP contribution in [0, 0.1) is 0 Å². The van der Waals surface area contributed by atoms with Gasteiger partial charge in [-0.2, -0.15) is 0 Å². The first kappa shape index (κ1) is 35.0. The van der Waals surface area contributed by atoms with Gasteiger partial charge in [0.25, 0.3) is 0 Å². The Morgan fingerprint density at radius 1 is 0.333 bits per heavy atom. The molecule has 10 aromatic rings. The van der Waals surface area contributed by atoms with E-state index in [1.54, 1.807) is 0 Å². The molecule has 57 heavy (non-hydrogen) atoms. The Morgan fingerprint density at radius 2 is 0.842 bits per heavy atom. The van der Waals surface area contributed by atoms with Crippen LogP contribution in [0.4, 0.5) is 0 Å². The predicted octanol–water partition coefficient (Wildman–Crippen LogP) is 3.56. The maximum Gasteiger partial charge on any atom is 0.164 e. The van der Waals surface area contributed by atoms with Crippen LogP contribution in [0.2, 0.25) is 0 Å². The van der Waals surface area contributed by atoms with E-state index in [0.29, 0.717) is 44.8 Å². The van der Waals surface area contributed by atoms with Crippen molar-refractivity contribution in [3.05, 3.63) is 121 Å². The molecule has 0 spiro atoms. The Labute approximate surface area is 337 Å². The molecule has 0 fully saturated rings. The quantitative estimate of drug-likeness (QED) is 0.256. The highest BCUT2D eigenvalue weighted by molar-refractivity contribution is 6.68. The van der Waals surface area contributed by atoms with Crippen molar-refractivity contribution in [2.24, 2.45) is 0 Å². The topological polar surface area (TPSA) is 65.0 Å². The normalized spacial score (nSPS) is 11.6. The molecule has 0 saturated heterocycles. The molecule has 0 amide bonds. The molecular weight excluding hydrogens is 690 g/mol. The molecule has 3 heterocycles. The molecule has 0 aliphatic carbocycles. The summed E-state index contributed by atoms with van der Waals surface area (Å²) in [6.07, 6.45) is 0. The van der Waals surface area contributed by atoms with Crippen molar-refractivity contribution in [2.75, 3.05) is 0 Å². The van der Waals surface area contributed by atoms with Crippen LogP contribution >= 0.6 is 0 Å². The van der Waals surface area contributed by atoms with Gasteiger partial charge in [0.05, 0.1) is 0 Å². The summed E-state index contributed by atoms with van der Waals surface area (Å²) in [6, 6.07) is 39.8. The summed E-state index contributed by atoms with van der Waals surface area (Å²) in [5.74, 6) is 1.48. The second kappa shape index (κ2) is 13.4. The van der Waals surface area contributed by atoms with E-state index >= 15 is 0 Å². The molecule has 10 rings (SSSR count). The average Bonchev–Trinajstić information content (AvgIpc) is 3.85. The Hall–Kier alpha value is -6.40. The van der Waals surface area contributed by atoms with Crippen LogP contribution in [0.1, 0.15) is 0 Å². The standard InChI is InChI=1S/C45H20B7N3O2/c46-34-30(35(47)39(51)41-32(34)33-36(48)37(49)38(50)40(52)42(33)57-41)23-15-19-25(20-16-23)44-53-43(24-17-13-22(14-18-24)21-7-2-1-3-8-21)54-45(55-44)27-10-6-12-29-31(27)26-9-4-5-11-28(26)56-29/h1-20H.